The molecule has 0 radical (unpaired) electrons. The van der Waals surface area contributed by atoms with Gasteiger partial charge >= 0.3 is 5.97 Å². The number of para-hydroxylation sites is 1. The predicted molar refractivity (Wildman–Crippen MR) is 164 cm³/mol. The number of nitrogens with one attached hydrogen (secondary N) is 2. The minimum absolute atomic E-state index is 0.233. The Labute approximate surface area is 251 Å². The van der Waals surface area contributed by atoms with Crippen molar-refractivity contribution in [1.29, 1.82) is 0 Å². The van der Waals surface area contributed by atoms with Gasteiger partial charge in [0.2, 0.25) is 0 Å². The molecule has 5 aromatic rings. The van der Waals surface area contributed by atoms with Crippen LogP contribution in [-0.4, -0.2) is 30.2 Å². The van der Waals surface area contributed by atoms with Crippen LogP contribution in [-0.2, 0) is 0 Å². The fraction of sp³-hybridized carbons (Fsp3) is 0.0333. The summed E-state index contributed by atoms with van der Waals surface area (Å²) in [4.78, 5) is 29.4. The quantitative estimate of drug-likeness (QED) is 0.0788. The highest BCUT2D eigenvalue weighted by Crippen LogP contribution is 2.36. The van der Waals surface area contributed by atoms with E-state index in [1.54, 1.807) is 42.5 Å². The lowest BCUT2D eigenvalue weighted by molar-refractivity contribution is 0.0732. The van der Waals surface area contributed by atoms with E-state index >= 15 is 0 Å². The number of fused-ring (bicyclic) bond motifs is 1. The maximum Gasteiger partial charge on any atom is 0.343 e. The summed E-state index contributed by atoms with van der Waals surface area (Å²) >= 11 is 13.3. The fourth-order valence-corrected chi connectivity index (χ4v) is 5.72. The molecule has 0 saturated heterocycles. The molecule has 10 heteroatoms. The van der Waals surface area contributed by atoms with E-state index in [0.717, 1.165) is 10.9 Å². The molecule has 7 nitrogen and oxygen atoms in total. The van der Waals surface area contributed by atoms with Gasteiger partial charge < -0.3 is 14.5 Å². The molecule has 1 amide bonds. The number of H-pyrrole nitrogens is 1. The molecule has 0 bridgehead atoms. The highest BCUT2D eigenvalue weighted by Gasteiger charge is 2.21. The van der Waals surface area contributed by atoms with Crippen LogP contribution >= 0.6 is 43.5 Å². The van der Waals surface area contributed by atoms with Crippen LogP contribution in [0.5, 0.6) is 11.5 Å². The van der Waals surface area contributed by atoms with E-state index in [9.17, 15) is 9.59 Å². The van der Waals surface area contributed by atoms with Crippen molar-refractivity contribution in [1.82, 2.24) is 10.4 Å². The Morgan fingerprint density at radius 2 is 1.75 bits per heavy atom. The number of hydrazone groups is 1. The maximum atomic E-state index is 13.3. The van der Waals surface area contributed by atoms with Gasteiger partial charge in [-0.15, -0.1) is 0 Å². The second kappa shape index (κ2) is 12.1. The molecule has 2 N–H and O–H groups in total. The summed E-state index contributed by atoms with van der Waals surface area (Å²) < 4.78 is 12.1. The van der Waals surface area contributed by atoms with Gasteiger partial charge in [0.1, 0.15) is 11.4 Å². The lowest BCUT2D eigenvalue weighted by Gasteiger charge is -2.11. The van der Waals surface area contributed by atoms with Crippen molar-refractivity contribution in [2.75, 3.05) is 7.11 Å². The summed E-state index contributed by atoms with van der Waals surface area (Å²) in [5, 5.41) is 5.48. The Kier molecular flexibility index (Phi) is 8.35. The Morgan fingerprint density at radius 3 is 2.52 bits per heavy atom. The first-order chi connectivity index (χ1) is 19.4. The Bertz CT molecular complexity index is 1770. The SMILES string of the molecule is COc1cccc(C(=O)Oc2c(Br)cc(Br)cc2C=NNC(=O)c2[nH]c3c(Cl)cccc3c2-c2ccccc2)c1. The summed E-state index contributed by atoms with van der Waals surface area (Å²) in [6.07, 6.45) is 1.40. The number of hydrogen-bond donors (Lipinski definition) is 2. The van der Waals surface area contributed by atoms with E-state index < -0.39 is 11.9 Å². The van der Waals surface area contributed by atoms with E-state index in [1.165, 1.54) is 13.3 Å². The van der Waals surface area contributed by atoms with Crippen molar-refractivity contribution in [2.45, 2.75) is 0 Å². The number of rotatable bonds is 7. The number of esters is 1. The number of carbonyl (C=O) groups is 2. The third-order valence-electron chi connectivity index (χ3n) is 5.98. The Hall–Kier alpha value is -3.92. The van der Waals surface area contributed by atoms with Gasteiger partial charge in [0.25, 0.3) is 5.91 Å². The van der Waals surface area contributed by atoms with Gasteiger partial charge in [-0.1, -0.05) is 76.1 Å². The average Bonchev–Trinajstić information content (AvgIpc) is 3.36. The number of ether oxygens (including phenoxy) is 2. The van der Waals surface area contributed by atoms with Crippen LogP contribution in [0.15, 0.2) is 99.0 Å². The van der Waals surface area contributed by atoms with Gasteiger partial charge in [-0.25, -0.2) is 10.2 Å². The summed E-state index contributed by atoms with van der Waals surface area (Å²) in [5.74, 6) is -0.284. The van der Waals surface area contributed by atoms with Crippen molar-refractivity contribution in [2.24, 2.45) is 5.10 Å². The van der Waals surface area contributed by atoms with Crippen LogP contribution in [0.1, 0.15) is 26.4 Å². The topological polar surface area (TPSA) is 92.8 Å². The number of carbonyl (C=O) groups excluding carboxylic acids is 2. The van der Waals surface area contributed by atoms with E-state index in [2.05, 4.69) is 47.4 Å². The first kappa shape index (κ1) is 27.6. The molecule has 40 heavy (non-hydrogen) atoms. The second-order valence-corrected chi connectivity index (χ2v) is 10.7. The molecule has 0 spiro atoms. The van der Waals surface area contributed by atoms with E-state index in [1.807, 2.05) is 42.5 Å². The molecule has 5 rings (SSSR count). The largest absolute Gasteiger partial charge is 0.497 e. The number of methoxy groups -OCH3 is 1. The normalized spacial score (nSPS) is 11.1. The number of aromatic nitrogens is 1. The minimum atomic E-state index is -0.580. The Morgan fingerprint density at radius 1 is 0.975 bits per heavy atom. The van der Waals surface area contributed by atoms with Crippen LogP contribution in [0.25, 0.3) is 22.0 Å². The third kappa shape index (κ3) is 5.82. The predicted octanol–water partition coefficient (Wildman–Crippen LogP) is 8.01. The van der Waals surface area contributed by atoms with E-state index in [-0.39, 0.29) is 5.75 Å². The van der Waals surface area contributed by atoms with Crippen molar-refractivity contribution < 1.29 is 19.1 Å². The Balaban J connectivity index is 1.44. The highest BCUT2D eigenvalue weighted by atomic mass is 79.9. The molecule has 0 aliphatic carbocycles. The molecule has 0 fully saturated rings. The number of halogens is 3. The molecule has 200 valence electrons. The smallest absolute Gasteiger partial charge is 0.343 e. The molecular weight excluding hydrogens is 662 g/mol. The molecule has 0 atom stereocenters. The summed E-state index contributed by atoms with van der Waals surface area (Å²) in [6.45, 7) is 0. The maximum absolute atomic E-state index is 13.3. The molecule has 0 aliphatic rings. The average molecular weight is 682 g/mol. The monoisotopic (exact) mass is 679 g/mol. The molecule has 0 aliphatic heterocycles. The minimum Gasteiger partial charge on any atom is -0.497 e. The van der Waals surface area contributed by atoms with Gasteiger partial charge in [-0.2, -0.15) is 5.10 Å². The molecule has 4 aromatic carbocycles. The summed E-state index contributed by atoms with van der Waals surface area (Å²) in [7, 11) is 1.52. The number of nitrogens with zero attached hydrogens (tertiary/aromatic N) is 1. The zero-order chi connectivity index (χ0) is 28.2. The zero-order valence-electron chi connectivity index (χ0n) is 20.9. The lowest BCUT2D eigenvalue weighted by atomic mass is 10.0. The van der Waals surface area contributed by atoms with Crippen LogP contribution in [0.2, 0.25) is 5.02 Å². The number of benzene rings is 4. The first-order valence-corrected chi connectivity index (χ1v) is 13.9. The lowest BCUT2D eigenvalue weighted by Crippen LogP contribution is -2.19. The van der Waals surface area contributed by atoms with Gasteiger partial charge in [0.15, 0.2) is 5.75 Å². The second-order valence-electron chi connectivity index (χ2n) is 8.53. The van der Waals surface area contributed by atoms with Gasteiger partial charge in [-0.3, -0.25) is 4.79 Å². The molecule has 0 saturated carbocycles. The van der Waals surface area contributed by atoms with Crippen molar-refractivity contribution >= 4 is 72.5 Å². The third-order valence-corrected chi connectivity index (χ3v) is 7.34. The zero-order valence-corrected chi connectivity index (χ0v) is 24.8. The highest BCUT2D eigenvalue weighted by molar-refractivity contribution is 9.11. The van der Waals surface area contributed by atoms with Crippen LogP contribution in [0, 0.1) is 0 Å². The van der Waals surface area contributed by atoms with Gasteiger partial charge in [0, 0.05) is 21.0 Å². The summed E-state index contributed by atoms with van der Waals surface area (Å²) in [6, 6.07) is 25.2. The number of amides is 1. The van der Waals surface area contributed by atoms with Crippen molar-refractivity contribution in [3.05, 3.63) is 116 Å². The molecule has 0 unspecified atom stereocenters. The van der Waals surface area contributed by atoms with Crippen LogP contribution in [0.3, 0.4) is 0 Å². The van der Waals surface area contributed by atoms with Crippen molar-refractivity contribution in [3.63, 3.8) is 0 Å². The van der Waals surface area contributed by atoms with Crippen LogP contribution in [0.4, 0.5) is 0 Å². The van der Waals surface area contributed by atoms with Crippen LogP contribution < -0.4 is 14.9 Å². The molecular formula is C30H20Br2ClN3O4. The number of aromatic amines is 1. The summed E-state index contributed by atoms with van der Waals surface area (Å²) in [5.41, 5.74) is 5.86. The van der Waals surface area contributed by atoms with E-state index in [0.29, 0.717) is 47.6 Å². The van der Waals surface area contributed by atoms with Gasteiger partial charge in [0.05, 0.1) is 33.9 Å². The van der Waals surface area contributed by atoms with Crippen molar-refractivity contribution in [3.8, 4) is 22.6 Å². The molecule has 1 aromatic heterocycles. The van der Waals surface area contributed by atoms with Gasteiger partial charge in [-0.05, 0) is 57.9 Å². The fourth-order valence-electron chi connectivity index (χ4n) is 4.16. The standard InChI is InChI=1S/C30H20Br2ClN3O4/c1-39-21-10-5-9-18(14-21)30(38)40-28-19(13-20(31)15-23(28)32)16-34-36-29(37)27-25(17-7-3-2-4-8-17)22-11-6-12-24(33)26(22)35-27/h2-16,35H,1H3,(H,36,37). The van der Waals surface area contributed by atoms with E-state index in [4.69, 9.17) is 21.1 Å². The molecule has 1 heterocycles. The first-order valence-electron chi connectivity index (χ1n) is 11.9. The number of hydrogen-bond acceptors (Lipinski definition) is 5.